The Hall–Kier alpha value is -2.02. The maximum absolute atomic E-state index is 12.3. The summed E-state index contributed by atoms with van der Waals surface area (Å²) >= 11 is 1.60. The highest BCUT2D eigenvalue weighted by molar-refractivity contribution is 7.99. The number of hydrogen-bond donors (Lipinski definition) is 1. The van der Waals surface area contributed by atoms with Crippen molar-refractivity contribution in [2.45, 2.75) is 71.7 Å². The van der Waals surface area contributed by atoms with Gasteiger partial charge in [-0.2, -0.15) is 0 Å². The minimum atomic E-state index is -0.251. The average Bonchev–Trinajstić information content (AvgIpc) is 2.97. The maximum Gasteiger partial charge on any atom is 0.326 e. The third kappa shape index (κ3) is 7.72. The van der Waals surface area contributed by atoms with Crippen molar-refractivity contribution in [3.63, 3.8) is 0 Å². The van der Waals surface area contributed by atoms with Crippen LogP contribution in [-0.4, -0.2) is 39.8 Å². The summed E-state index contributed by atoms with van der Waals surface area (Å²) in [6.07, 6.45) is 2.05. The molecule has 2 rings (SSSR count). The second kappa shape index (κ2) is 10.7. The van der Waals surface area contributed by atoms with Gasteiger partial charge in [-0.3, -0.25) is 9.59 Å². The average molecular weight is 420 g/mol. The van der Waals surface area contributed by atoms with Gasteiger partial charge in [0.25, 0.3) is 0 Å². The van der Waals surface area contributed by atoms with Gasteiger partial charge in [0.2, 0.25) is 5.91 Å². The molecule has 0 fully saturated rings. The Balaban J connectivity index is 1.94. The molecular weight excluding hydrogens is 386 g/mol. The van der Waals surface area contributed by atoms with Gasteiger partial charge in [0, 0.05) is 18.7 Å². The molecule has 1 amide bonds. The second-order valence-electron chi connectivity index (χ2n) is 8.47. The molecule has 0 aliphatic rings. The van der Waals surface area contributed by atoms with Crippen LogP contribution in [0.15, 0.2) is 29.4 Å². The van der Waals surface area contributed by atoms with E-state index in [1.54, 1.807) is 11.8 Å². The zero-order valence-corrected chi connectivity index (χ0v) is 19.0. The van der Waals surface area contributed by atoms with Crippen LogP contribution in [-0.2, 0) is 20.9 Å². The number of para-hydroxylation sites is 2. The van der Waals surface area contributed by atoms with Gasteiger partial charge in [-0.15, -0.1) is 0 Å². The van der Waals surface area contributed by atoms with Crippen LogP contribution >= 0.6 is 11.8 Å². The zero-order chi connectivity index (χ0) is 21.4. The molecule has 0 saturated heterocycles. The minimum absolute atomic E-state index is 0.00638. The van der Waals surface area contributed by atoms with Gasteiger partial charge in [0.05, 0.1) is 17.1 Å². The molecule has 6 nitrogen and oxygen atoms in total. The number of fused-ring (bicyclic) bond motifs is 1. The number of carbonyl (C=O) groups excluding carboxylic acids is 2. The number of amides is 1. The van der Waals surface area contributed by atoms with Gasteiger partial charge in [-0.1, -0.05) is 51.6 Å². The van der Waals surface area contributed by atoms with Crippen LogP contribution < -0.4 is 5.32 Å². The maximum atomic E-state index is 12.3. The highest BCUT2D eigenvalue weighted by Crippen LogP contribution is 2.25. The van der Waals surface area contributed by atoms with E-state index >= 15 is 0 Å². The van der Waals surface area contributed by atoms with E-state index in [0.29, 0.717) is 13.0 Å². The number of benzene rings is 1. The van der Waals surface area contributed by atoms with Crippen molar-refractivity contribution in [1.29, 1.82) is 0 Å². The van der Waals surface area contributed by atoms with Crippen molar-refractivity contribution >= 4 is 34.7 Å². The van der Waals surface area contributed by atoms with Crippen molar-refractivity contribution in [2.75, 3.05) is 12.3 Å². The predicted molar refractivity (Wildman–Crippen MR) is 118 cm³/mol. The summed E-state index contributed by atoms with van der Waals surface area (Å²) in [4.78, 5) is 28.9. The van der Waals surface area contributed by atoms with E-state index in [2.05, 4.69) is 31.1 Å². The first-order valence-corrected chi connectivity index (χ1v) is 11.2. The van der Waals surface area contributed by atoms with E-state index in [9.17, 15) is 9.59 Å². The lowest BCUT2D eigenvalue weighted by atomic mass is 9.92. The number of rotatable bonds is 10. The zero-order valence-electron chi connectivity index (χ0n) is 18.2. The second-order valence-corrected chi connectivity index (χ2v) is 9.53. The molecule has 29 heavy (non-hydrogen) atoms. The Labute approximate surface area is 177 Å². The van der Waals surface area contributed by atoms with Crippen LogP contribution in [0.5, 0.6) is 0 Å². The van der Waals surface area contributed by atoms with Crippen molar-refractivity contribution in [3.8, 4) is 0 Å². The number of aromatic nitrogens is 2. The first-order valence-electron chi connectivity index (χ1n) is 10.2. The van der Waals surface area contributed by atoms with E-state index in [1.807, 2.05) is 42.7 Å². The van der Waals surface area contributed by atoms with Crippen LogP contribution in [0.4, 0.5) is 0 Å². The summed E-state index contributed by atoms with van der Waals surface area (Å²) in [5.74, 6) is 0.640. The number of esters is 1. The third-order valence-corrected chi connectivity index (χ3v) is 5.44. The molecule has 2 aromatic rings. The third-order valence-electron chi connectivity index (χ3n) is 4.38. The van der Waals surface area contributed by atoms with Crippen LogP contribution in [0.1, 0.15) is 53.9 Å². The number of carbonyl (C=O) groups is 2. The number of nitrogens with one attached hydrogen (secondary N) is 1. The largest absolute Gasteiger partial charge is 0.461 e. The summed E-state index contributed by atoms with van der Waals surface area (Å²) in [6, 6.07) is 7.80. The van der Waals surface area contributed by atoms with Crippen molar-refractivity contribution in [3.05, 3.63) is 24.3 Å². The van der Waals surface area contributed by atoms with Gasteiger partial charge in [-0.05, 0) is 37.3 Å². The number of imidazole rings is 1. The molecule has 0 spiro atoms. The number of ether oxygens (including phenoxy) is 1. The summed E-state index contributed by atoms with van der Waals surface area (Å²) in [7, 11) is 0. The molecule has 1 aromatic heterocycles. The Bertz CT molecular complexity index is 826. The highest BCUT2D eigenvalue weighted by Gasteiger charge is 2.17. The van der Waals surface area contributed by atoms with Crippen LogP contribution in [0, 0.1) is 5.41 Å². The Morgan fingerprint density at radius 1 is 1.28 bits per heavy atom. The van der Waals surface area contributed by atoms with Gasteiger partial charge < -0.3 is 14.6 Å². The molecule has 1 N–H and O–H groups in total. The standard InChI is InChI=1S/C22H33N3O3S/c1-6-16(2)28-20(27)15-25-18-11-8-7-10-17(18)24-21(25)29-13-9-12-23-19(26)14-22(3,4)5/h7-8,10-11,16H,6,9,12-15H2,1-5H3,(H,23,26). The molecule has 0 saturated carbocycles. The fraction of sp³-hybridized carbons (Fsp3) is 0.591. The smallest absolute Gasteiger partial charge is 0.326 e. The van der Waals surface area contributed by atoms with Crippen molar-refractivity contribution in [1.82, 2.24) is 14.9 Å². The summed E-state index contributed by atoms with van der Waals surface area (Å²) in [5, 5.41) is 3.77. The van der Waals surface area contributed by atoms with E-state index in [0.717, 1.165) is 34.8 Å². The summed E-state index contributed by atoms with van der Waals surface area (Å²) in [5.41, 5.74) is 1.78. The topological polar surface area (TPSA) is 73.2 Å². The lowest BCUT2D eigenvalue weighted by Gasteiger charge is -2.17. The van der Waals surface area contributed by atoms with Crippen LogP contribution in [0.2, 0.25) is 0 Å². The normalized spacial score (nSPS) is 12.7. The lowest BCUT2D eigenvalue weighted by Crippen LogP contribution is -2.28. The number of hydrogen-bond acceptors (Lipinski definition) is 5. The molecule has 0 radical (unpaired) electrons. The lowest BCUT2D eigenvalue weighted by molar-refractivity contribution is -0.149. The predicted octanol–water partition coefficient (Wildman–Crippen LogP) is 4.41. The summed E-state index contributed by atoms with van der Waals surface area (Å²) in [6.45, 7) is 10.8. The Morgan fingerprint density at radius 3 is 2.69 bits per heavy atom. The molecule has 7 heteroatoms. The first-order chi connectivity index (χ1) is 13.7. The number of nitrogens with zero attached hydrogens (tertiary/aromatic N) is 2. The Kier molecular flexibility index (Phi) is 8.56. The molecule has 1 unspecified atom stereocenters. The van der Waals surface area contributed by atoms with Crippen molar-refractivity contribution < 1.29 is 14.3 Å². The fourth-order valence-electron chi connectivity index (χ4n) is 2.80. The molecule has 0 bridgehead atoms. The molecule has 1 atom stereocenters. The summed E-state index contributed by atoms with van der Waals surface area (Å²) < 4.78 is 7.36. The van der Waals surface area contributed by atoms with E-state index in [1.165, 1.54) is 0 Å². The van der Waals surface area contributed by atoms with E-state index in [4.69, 9.17) is 4.74 Å². The van der Waals surface area contributed by atoms with Gasteiger partial charge in [0.1, 0.15) is 6.54 Å². The quantitative estimate of drug-likeness (QED) is 0.351. The van der Waals surface area contributed by atoms with E-state index < -0.39 is 0 Å². The Morgan fingerprint density at radius 2 is 2.00 bits per heavy atom. The highest BCUT2D eigenvalue weighted by atomic mass is 32.2. The molecule has 160 valence electrons. The molecule has 0 aliphatic carbocycles. The first kappa shape index (κ1) is 23.3. The monoisotopic (exact) mass is 419 g/mol. The molecular formula is C22H33N3O3S. The number of thioether (sulfide) groups is 1. The SMILES string of the molecule is CCC(C)OC(=O)Cn1c(SCCCNC(=O)CC(C)(C)C)nc2ccccc21. The fourth-order valence-corrected chi connectivity index (χ4v) is 3.75. The molecule has 1 aromatic carbocycles. The molecule has 0 aliphatic heterocycles. The molecule has 1 heterocycles. The van der Waals surface area contributed by atoms with Gasteiger partial charge >= 0.3 is 5.97 Å². The van der Waals surface area contributed by atoms with Gasteiger partial charge in [0.15, 0.2) is 5.16 Å². The minimum Gasteiger partial charge on any atom is -0.461 e. The van der Waals surface area contributed by atoms with Crippen LogP contribution in [0.3, 0.4) is 0 Å². The van der Waals surface area contributed by atoms with Crippen LogP contribution in [0.25, 0.3) is 11.0 Å². The van der Waals surface area contributed by atoms with E-state index in [-0.39, 0.29) is 29.9 Å². The van der Waals surface area contributed by atoms with Gasteiger partial charge in [-0.25, -0.2) is 4.98 Å². The van der Waals surface area contributed by atoms with Crippen molar-refractivity contribution in [2.24, 2.45) is 5.41 Å².